The van der Waals surface area contributed by atoms with Crippen LogP contribution in [0.1, 0.15) is 37.3 Å². The van der Waals surface area contributed by atoms with Gasteiger partial charge in [-0.1, -0.05) is 6.07 Å². The van der Waals surface area contributed by atoms with Crippen LogP contribution in [-0.4, -0.2) is 44.5 Å². The maximum absolute atomic E-state index is 13.4. The lowest BCUT2D eigenvalue weighted by Gasteiger charge is -2.45. The van der Waals surface area contributed by atoms with E-state index >= 15 is 0 Å². The van der Waals surface area contributed by atoms with E-state index in [9.17, 15) is 9.59 Å². The molecule has 2 atom stereocenters. The molecular formula is C22H27N3O2S. The highest BCUT2D eigenvalue weighted by atomic mass is 32.2. The van der Waals surface area contributed by atoms with Crippen molar-refractivity contribution in [2.45, 2.75) is 43.7 Å². The summed E-state index contributed by atoms with van der Waals surface area (Å²) in [5, 5.41) is 0. The number of carbonyl (C=O) groups is 1. The highest BCUT2D eigenvalue weighted by Crippen LogP contribution is 2.39. The summed E-state index contributed by atoms with van der Waals surface area (Å²) in [4.78, 5) is 27.7. The van der Waals surface area contributed by atoms with Crippen LogP contribution >= 0.6 is 11.8 Å². The minimum atomic E-state index is -0.0762. The van der Waals surface area contributed by atoms with Gasteiger partial charge in [0.05, 0.1) is 12.0 Å². The second-order valence-electron chi connectivity index (χ2n) is 8.60. The number of amides is 1. The van der Waals surface area contributed by atoms with E-state index < -0.39 is 0 Å². The second kappa shape index (κ2) is 7.14. The van der Waals surface area contributed by atoms with Crippen molar-refractivity contribution >= 4 is 17.7 Å². The molecule has 0 saturated carbocycles. The first kappa shape index (κ1) is 18.1. The molecule has 2 bridgehead atoms. The number of carbonyl (C=O) groups excluding carboxylic acids is 1. The van der Waals surface area contributed by atoms with Gasteiger partial charge in [0, 0.05) is 49.7 Å². The Morgan fingerprint density at radius 3 is 2.64 bits per heavy atom. The molecule has 2 aromatic heterocycles. The minimum Gasteiger partial charge on any atom is -0.348 e. The number of piperidine rings is 1. The van der Waals surface area contributed by atoms with Crippen LogP contribution in [0.3, 0.4) is 0 Å². The van der Waals surface area contributed by atoms with E-state index in [4.69, 9.17) is 0 Å². The molecule has 0 aromatic carbocycles. The molecule has 2 aromatic rings. The second-order valence-corrected chi connectivity index (χ2v) is 9.83. The molecule has 2 saturated heterocycles. The van der Waals surface area contributed by atoms with Gasteiger partial charge >= 0.3 is 0 Å². The first-order chi connectivity index (χ1) is 13.6. The van der Waals surface area contributed by atoms with Crippen LogP contribution in [0, 0.1) is 5.92 Å². The van der Waals surface area contributed by atoms with Crippen LogP contribution in [0.15, 0.2) is 47.5 Å². The molecule has 0 aliphatic carbocycles. The van der Waals surface area contributed by atoms with Crippen LogP contribution in [0.5, 0.6) is 0 Å². The standard InChI is InChI=1S/C22H27N3O2S/c26-20-5-3-4-19-18-12-17(15-25(19)20)14-23(16-18)21(27)13-22(6-10-28-11-7-22)24-8-1-2-9-24/h1-5,8-9,17-18H,6-7,10-16H2. The van der Waals surface area contributed by atoms with Crippen LogP contribution in [0.2, 0.25) is 0 Å². The van der Waals surface area contributed by atoms with E-state index in [-0.39, 0.29) is 22.9 Å². The number of fused-ring (bicyclic) bond motifs is 4. The van der Waals surface area contributed by atoms with Crippen molar-refractivity contribution in [1.29, 1.82) is 0 Å². The molecular weight excluding hydrogens is 370 g/mol. The van der Waals surface area contributed by atoms with Crippen molar-refractivity contribution in [2.24, 2.45) is 5.92 Å². The quantitative estimate of drug-likeness (QED) is 0.800. The fourth-order valence-electron chi connectivity index (χ4n) is 5.42. The van der Waals surface area contributed by atoms with Crippen molar-refractivity contribution in [3.05, 3.63) is 58.8 Å². The van der Waals surface area contributed by atoms with Crippen molar-refractivity contribution in [1.82, 2.24) is 14.0 Å². The molecule has 1 amide bonds. The third-order valence-corrected chi connectivity index (χ3v) is 7.87. The molecule has 3 aliphatic heterocycles. The lowest BCUT2D eigenvalue weighted by molar-refractivity contribution is -0.136. The third-order valence-electron chi connectivity index (χ3n) is 6.89. The van der Waals surface area contributed by atoms with Gasteiger partial charge in [-0.25, -0.2) is 0 Å². The average molecular weight is 398 g/mol. The topological polar surface area (TPSA) is 47.2 Å². The number of pyridine rings is 1. The Kier molecular flexibility index (Phi) is 4.62. The van der Waals surface area contributed by atoms with Gasteiger partial charge in [0.15, 0.2) is 0 Å². The largest absolute Gasteiger partial charge is 0.348 e. The average Bonchev–Trinajstić information content (AvgIpc) is 3.25. The van der Waals surface area contributed by atoms with Crippen molar-refractivity contribution in [2.75, 3.05) is 24.6 Å². The fraction of sp³-hybridized carbons (Fsp3) is 0.545. The maximum Gasteiger partial charge on any atom is 0.250 e. The van der Waals surface area contributed by atoms with Crippen molar-refractivity contribution in [3.63, 3.8) is 0 Å². The highest BCUT2D eigenvalue weighted by Gasteiger charge is 2.40. The van der Waals surface area contributed by atoms with Crippen molar-refractivity contribution in [3.8, 4) is 0 Å². The summed E-state index contributed by atoms with van der Waals surface area (Å²) in [5.41, 5.74) is 1.13. The van der Waals surface area contributed by atoms with Crippen LogP contribution in [0.25, 0.3) is 0 Å². The monoisotopic (exact) mass is 397 g/mol. The van der Waals surface area contributed by atoms with E-state index in [1.807, 2.05) is 22.4 Å². The zero-order valence-electron chi connectivity index (χ0n) is 16.1. The molecule has 0 N–H and O–H groups in total. The molecule has 6 heteroatoms. The Morgan fingerprint density at radius 1 is 1.07 bits per heavy atom. The molecule has 5 nitrogen and oxygen atoms in total. The molecule has 0 spiro atoms. The number of aromatic nitrogens is 2. The van der Waals surface area contributed by atoms with Gasteiger partial charge in [0.25, 0.3) is 5.56 Å². The fourth-order valence-corrected chi connectivity index (χ4v) is 6.67. The zero-order valence-corrected chi connectivity index (χ0v) is 16.9. The number of hydrogen-bond donors (Lipinski definition) is 0. The lowest BCUT2D eigenvalue weighted by Crippen LogP contribution is -2.51. The summed E-state index contributed by atoms with van der Waals surface area (Å²) in [7, 11) is 0. The molecule has 2 fully saturated rings. The predicted octanol–water partition coefficient (Wildman–Crippen LogP) is 2.91. The number of hydrogen-bond acceptors (Lipinski definition) is 3. The van der Waals surface area contributed by atoms with E-state index in [1.165, 1.54) is 0 Å². The van der Waals surface area contributed by atoms with Gasteiger partial charge in [0.1, 0.15) is 0 Å². The summed E-state index contributed by atoms with van der Waals surface area (Å²) < 4.78 is 4.21. The highest BCUT2D eigenvalue weighted by molar-refractivity contribution is 7.99. The van der Waals surface area contributed by atoms with Crippen LogP contribution in [-0.2, 0) is 16.9 Å². The number of nitrogens with zero attached hydrogens (tertiary/aromatic N) is 3. The summed E-state index contributed by atoms with van der Waals surface area (Å²) in [6.45, 7) is 2.27. The Labute approximate surface area is 169 Å². The number of rotatable bonds is 3. The third kappa shape index (κ3) is 3.11. The summed E-state index contributed by atoms with van der Waals surface area (Å²) in [6, 6.07) is 9.70. The van der Waals surface area contributed by atoms with Crippen LogP contribution < -0.4 is 5.56 Å². The van der Waals surface area contributed by atoms with E-state index in [0.29, 0.717) is 12.3 Å². The van der Waals surface area contributed by atoms with E-state index in [0.717, 1.165) is 56.1 Å². The first-order valence-electron chi connectivity index (χ1n) is 10.3. The van der Waals surface area contributed by atoms with Gasteiger partial charge in [-0.15, -0.1) is 0 Å². The maximum atomic E-state index is 13.4. The Balaban J connectivity index is 1.37. The smallest absolute Gasteiger partial charge is 0.250 e. The van der Waals surface area contributed by atoms with E-state index in [2.05, 4.69) is 40.1 Å². The zero-order chi connectivity index (χ0) is 19.1. The predicted molar refractivity (Wildman–Crippen MR) is 112 cm³/mol. The summed E-state index contributed by atoms with van der Waals surface area (Å²) >= 11 is 1.99. The Morgan fingerprint density at radius 2 is 1.86 bits per heavy atom. The normalized spacial score (nSPS) is 25.9. The molecule has 5 rings (SSSR count). The number of thioether (sulfide) groups is 1. The lowest BCUT2D eigenvalue weighted by atomic mass is 9.82. The van der Waals surface area contributed by atoms with Crippen molar-refractivity contribution < 1.29 is 4.79 Å². The Bertz CT molecular complexity index is 914. The SMILES string of the molecule is O=C(CC1(n2cccc2)CCSCC1)N1CC2CC(C1)c1cccc(=O)n1C2. The van der Waals surface area contributed by atoms with E-state index in [1.54, 1.807) is 6.07 Å². The molecule has 148 valence electrons. The minimum absolute atomic E-state index is 0.0762. The molecule has 5 heterocycles. The summed E-state index contributed by atoms with van der Waals surface area (Å²) in [6.07, 6.45) is 8.03. The Hall–Kier alpha value is -1.95. The molecule has 2 unspecified atom stereocenters. The van der Waals surface area contributed by atoms with Crippen LogP contribution in [0.4, 0.5) is 0 Å². The molecule has 28 heavy (non-hydrogen) atoms. The summed E-state index contributed by atoms with van der Waals surface area (Å²) in [5.74, 6) is 3.19. The van der Waals surface area contributed by atoms with Gasteiger partial charge in [0.2, 0.25) is 5.91 Å². The first-order valence-corrected chi connectivity index (χ1v) is 11.5. The molecule has 3 aliphatic rings. The number of likely N-dealkylation sites (tertiary alicyclic amines) is 1. The van der Waals surface area contributed by atoms with Gasteiger partial charge in [-0.05, 0) is 54.9 Å². The van der Waals surface area contributed by atoms with Gasteiger partial charge in [-0.3, -0.25) is 9.59 Å². The van der Waals surface area contributed by atoms with Gasteiger partial charge < -0.3 is 14.0 Å². The van der Waals surface area contributed by atoms with Gasteiger partial charge in [-0.2, -0.15) is 11.8 Å². The molecule has 0 radical (unpaired) electrons.